The number of amides is 5. The molecular weight excluding hydrogens is 658 g/mol. The Kier molecular flexibility index (Phi) is 14.3. The van der Waals surface area contributed by atoms with Crippen LogP contribution in [0.2, 0.25) is 0 Å². The molecular formula is C29H43N5O15. The van der Waals surface area contributed by atoms with Crippen molar-refractivity contribution in [1.29, 1.82) is 0 Å². The van der Waals surface area contributed by atoms with Crippen molar-refractivity contribution >= 4 is 53.2 Å². The van der Waals surface area contributed by atoms with E-state index in [0.29, 0.717) is 5.06 Å². The van der Waals surface area contributed by atoms with Crippen molar-refractivity contribution in [2.24, 2.45) is 11.5 Å². The summed E-state index contributed by atoms with van der Waals surface area (Å²) in [5.74, 6) is -10.7. The fourth-order valence-electron chi connectivity index (χ4n) is 5.25. The van der Waals surface area contributed by atoms with Crippen LogP contribution in [0.1, 0.15) is 67.2 Å². The third-order valence-electron chi connectivity index (χ3n) is 7.43. The summed E-state index contributed by atoms with van der Waals surface area (Å²) in [5.41, 5.74) is 11.4. The predicted molar refractivity (Wildman–Crippen MR) is 159 cm³/mol. The van der Waals surface area contributed by atoms with E-state index in [0.717, 1.165) is 32.6 Å². The van der Waals surface area contributed by atoms with E-state index in [4.69, 9.17) is 35.3 Å². The Hall–Kier alpha value is -4.53. The molecule has 20 heteroatoms. The number of rotatable bonds is 16. The Bertz CT molecular complexity index is 1320. The molecule has 1 unspecified atom stereocenters. The number of imide groups is 1. The zero-order valence-electron chi connectivity index (χ0n) is 28.0. The molecule has 2 heterocycles. The lowest BCUT2D eigenvalue weighted by Crippen LogP contribution is -2.74. The molecule has 0 bridgehead atoms. The van der Waals surface area contributed by atoms with Gasteiger partial charge in [0.1, 0.15) is 30.9 Å². The lowest BCUT2D eigenvalue weighted by Gasteiger charge is -2.49. The minimum atomic E-state index is -2.80. The van der Waals surface area contributed by atoms with E-state index in [9.17, 15) is 48.3 Å². The summed E-state index contributed by atoms with van der Waals surface area (Å²) in [6.45, 7) is 5.69. The van der Waals surface area contributed by atoms with Crippen LogP contribution in [0, 0.1) is 0 Å². The highest BCUT2D eigenvalue weighted by atomic mass is 16.7. The van der Waals surface area contributed by atoms with E-state index >= 15 is 0 Å². The molecule has 2 saturated heterocycles. The average Bonchev–Trinajstić information content (AvgIpc) is 3.29. The van der Waals surface area contributed by atoms with Crippen LogP contribution in [0.5, 0.6) is 0 Å². The summed E-state index contributed by atoms with van der Waals surface area (Å²) in [4.78, 5) is 116. The smallest absolute Gasteiger partial charge is 0.333 e. The maximum atomic E-state index is 13.3. The molecule has 0 spiro atoms. The first-order valence-corrected chi connectivity index (χ1v) is 15.3. The SMILES string of the molecule is CC(=O)N[C@@H]1[C@@H](OC(C)CN(C(=O)[C@H](C)N)[C@H](CCC(=O)ON2C(=O)CCC2=O)C(N)=O)[C@H](OC(C)=O)[C@@H](COC(C)=O)O[C@@]1(O)C(C)=O. The molecule has 0 aliphatic carbocycles. The van der Waals surface area contributed by atoms with Gasteiger partial charge in [0.15, 0.2) is 11.9 Å². The number of nitrogens with two attached hydrogens (primary N) is 2. The molecule has 0 radical (unpaired) electrons. The third kappa shape index (κ3) is 10.7. The number of ether oxygens (including phenoxy) is 4. The Morgan fingerprint density at radius 3 is 2.08 bits per heavy atom. The van der Waals surface area contributed by atoms with Gasteiger partial charge in [0.05, 0.1) is 18.6 Å². The van der Waals surface area contributed by atoms with E-state index in [1.807, 2.05) is 0 Å². The van der Waals surface area contributed by atoms with Crippen LogP contribution in [0.4, 0.5) is 0 Å². The highest BCUT2D eigenvalue weighted by Gasteiger charge is 2.59. The zero-order chi connectivity index (χ0) is 37.4. The highest BCUT2D eigenvalue weighted by Crippen LogP contribution is 2.34. The van der Waals surface area contributed by atoms with E-state index in [2.05, 4.69) is 5.32 Å². The minimum Gasteiger partial charge on any atom is -0.463 e. The second-order valence-corrected chi connectivity index (χ2v) is 11.7. The lowest BCUT2D eigenvalue weighted by molar-refractivity contribution is -0.312. The zero-order valence-corrected chi connectivity index (χ0v) is 28.0. The number of hydroxylamine groups is 2. The molecule has 2 fully saturated rings. The van der Waals surface area contributed by atoms with Crippen molar-refractivity contribution in [2.45, 2.75) is 116 Å². The molecule has 0 aromatic heterocycles. The monoisotopic (exact) mass is 701 g/mol. The van der Waals surface area contributed by atoms with E-state index in [1.165, 1.54) is 13.8 Å². The molecule has 5 amide bonds. The van der Waals surface area contributed by atoms with Gasteiger partial charge in [-0.1, -0.05) is 0 Å². The standard InChI is InChI=1S/C29H43N5O15/c1-13(11-33(28(43)14(2)30)19(27(31)42)7-10-23(41)49-34-21(39)8-9-22(34)40)46-25-24(47-18(6)38)20(12-45-17(5)37)48-29(44,15(3)35)26(25)32-16(4)36/h13-14,19-20,24-26,44H,7-12,30H2,1-6H3,(H2,31,42)(H,32,36)/t13?,14-,19+,20+,24+,25-,26+,29-/m0/s1. The van der Waals surface area contributed by atoms with Crippen LogP contribution in [-0.2, 0) is 66.9 Å². The molecule has 2 rings (SSSR count). The number of carbonyl (C=O) groups excluding carboxylic acids is 9. The van der Waals surface area contributed by atoms with Crippen molar-refractivity contribution in [3.8, 4) is 0 Å². The van der Waals surface area contributed by atoms with Gasteiger partial charge in [-0.25, -0.2) is 4.79 Å². The Balaban J connectivity index is 2.45. The van der Waals surface area contributed by atoms with Crippen LogP contribution in [-0.4, -0.2) is 130 Å². The molecule has 2 aliphatic rings. The van der Waals surface area contributed by atoms with Crippen LogP contribution < -0.4 is 16.8 Å². The lowest BCUT2D eigenvalue weighted by atomic mass is 9.87. The van der Waals surface area contributed by atoms with Crippen LogP contribution in [0.3, 0.4) is 0 Å². The van der Waals surface area contributed by atoms with E-state index < -0.39 is 128 Å². The molecule has 6 N–H and O–H groups in total. The number of primary amides is 1. The van der Waals surface area contributed by atoms with Crippen molar-refractivity contribution in [2.75, 3.05) is 13.2 Å². The van der Waals surface area contributed by atoms with Gasteiger partial charge in [-0.05, 0) is 20.3 Å². The van der Waals surface area contributed by atoms with Crippen molar-refractivity contribution in [3.05, 3.63) is 0 Å². The first kappa shape index (κ1) is 40.6. The third-order valence-corrected chi connectivity index (χ3v) is 7.43. The number of aliphatic hydroxyl groups is 1. The van der Waals surface area contributed by atoms with Crippen LogP contribution >= 0.6 is 0 Å². The fourth-order valence-corrected chi connectivity index (χ4v) is 5.25. The topological polar surface area (TPSA) is 291 Å². The number of nitrogens with zero attached hydrogens (tertiary/aromatic N) is 2. The molecule has 0 aromatic rings. The maximum Gasteiger partial charge on any atom is 0.333 e. The molecule has 274 valence electrons. The first-order chi connectivity index (χ1) is 22.7. The van der Waals surface area contributed by atoms with Gasteiger partial charge in [-0.3, -0.25) is 38.4 Å². The van der Waals surface area contributed by atoms with Gasteiger partial charge in [-0.2, -0.15) is 0 Å². The highest BCUT2D eigenvalue weighted by molar-refractivity contribution is 6.01. The summed E-state index contributed by atoms with van der Waals surface area (Å²) < 4.78 is 22.1. The van der Waals surface area contributed by atoms with Gasteiger partial charge in [0.25, 0.3) is 11.8 Å². The Labute approximate surface area is 280 Å². The van der Waals surface area contributed by atoms with Crippen molar-refractivity contribution < 1.29 is 72.0 Å². The second-order valence-electron chi connectivity index (χ2n) is 11.7. The quantitative estimate of drug-likeness (QED) is 0.0913. The number of hydrogen-bond donors (Lipinski definition) is 4. The fraction of sp³-hybridized carbons (Fsp3) is 0.690. The Morgan fingerprint density at radius 2 is 1.61 bits per heavy atom. The normalized spacial score (nSPS) is 25.4. The summed E-state index contributed by atoms with van der Waals surface area (Å²) in [6, 6.07) is -4.46. The number of Topliss-reactive ketones (excluding diaryl/α,β-unsaturated/α-hetero) is 1. The maximum absolute atomic E-state index is 13.3. The van der Waals surface area contributed by atoms with Gasteiger partial charge in [-0.15, -0.1) is 5.06 Å². The summed E-state index contributed by atoms with van der Waals surface area (Å²) in [6.07, 6.45) is -7.16. The minimum absolute atomic E-state index is 0.146. The molecule has 0 aromatic carbocycles. The summed E-state index contributed by atoms with van der Waals surface area (Å²) in [7, 11) is 0. The number of nitrogens with one attached hydrogen (secondary N) is 1. The number of esters is 2. The van der Waals surface area contributed by atoms with Gasteiger partial charge < -0.3 is 50.6 Å². The number of ketones is 1. The Morgan fingerprint density at radius 1 is 1.02 bits per heavy atom. The first-order valence-electron chi connectivity index (χ1n) is 15.3. The van der Waals surface area contributed by atoms with E-state index in [1.54, 1.807) is 0 Å². The second kappa shape index (κ2) is 17.2. The molecule has 2 aliphatic heterocycles. The summed E-state index contributed by atoms with van der Waals surface area (Å²) in [5, 5.41) is 14.1. The molecule has 8 atom stereocenters. The van der Waals surface area contributed by atoms with Gasteiger partial charge in [0, 0.05) is 47.1 Å². The average molecular weight is 702 g/mol. The summed E-state index contributed by atoms with van der Waals surface area (Å²) >= 11 is 0. The van der Waals surface area contributed by atoms with Gasteiger partial charge in [0.2, 0.25) is 23.5 Å². The molecule has 49 heavy (non-hydrogen) atoms. The number of carbonyl (C=O) groups is 9. The van der Waals surface area contributed by atoms with Crippen LogP contribution in [0.25, 0.3) is 0 Å². The van der Waals surface area contributed by atoms with Crippen molar-refractivity contribution in [3.63, 3.8) is 0 Å². The van der Waals surface area contributed by atoms with E-state index in [-0.39, 0.29) is 12.8 Å². The predicted octanol–water partition coefficient (Wildman–Crippen LogP) is -3.15. The van der Waals surface area contributed by atoms with Crippen molar-refractivity contribution in [1.82, 2.24) is 15.3 Å². The van der Waals surface area contributed by atoms with Crippen LogP contribution in [0.15, 0.2) is 0 Å². The largest absolute Gasteiger partial charge is 0.463 e. The number of hydrogen-bond acceptors (Lipinski definition) is 16. The molecule has 20 nitrogen and oxygen atoms in total. The van der Waals surface area contributed by atoms with Gasteiger partial charge >= 0.3 is 17.9 Å². The molecule has 0 saturated carbocycles.